The number of hydrogen-bond acceptors (Lipinski definition) is 3. The van der Waals surface area contributed by atoms with Gasteiger partial charge in [-0.25, -0.2) is 0 Å². The van der Waals surface area contributed by atoms with E-state index in [9.17, 15) is 45.1 Å². The normalized spacial score (nSPS) is 13.2. The van der Waals surface area contributed by atoms with Crippen molar-refractivity contribution in [1.82, 2.24) is 0 Å². The van der Waals surface area contributed by atoms with E-state index < -0.39 is 48.4 Å². The first-order valence-corrected chi connectivity index (χ1v) is 4.32. The molecule has 0 saturated heterocycles. The summed E-state index contributed by atoms with van der Waals surface area (Å²) in [6, 6.07) is 0. The summed E-state index contributed by atoms with van der Waals surface area (Å²) in [4.78, 5) is 31.2. The summed E-state index contributed by atoms with van der Waals surface area (Å²) in [5.41, 5.74) is 0. The molecule has 0 aliphatic heterocycles. The number of alkyl halides is 7. The molecule has 0 spiro atoms. The Bertz CT molecular complexity index is 398. The molecule has 0 aromatic carbocycles. The third kappa shape index (κ3) is 3.64. The molecule has 0 heterocycles. The van der Waals surface area contributed by atoms with E-state index in [0.717, 1.165) is 0 Å². The number of carbonyl (C=O) groups is 3. The molecule has 4 nitrogen and oxygen atoms in total. The highest BCUT2D eigenvalue weighted by molar-refractivity contribution is 6.07. The number of halogens is 7. The van der Waals surface area contributed by atoms with Gasteiger partial charge in [0.25, 0.3) is 0 Å². The van der Waals surface area contributed by atoms with Crippen LogP contribution in [0.2, 0.25) is 0 Å². The minimum absolute atomic E-state index is 1.45. The number of Topliss-reactive ketones (excluding diaryl/α,β-unsaturated/α-hetero) is 2. The van der Waals surface area contributed by atoms with E-state index in [1.807, 2.05) is 0 Å². The van der Waals surface area contributed by atoms with Crippen LogP contribution in [0.4, 0.5) is 30.7 Å². The molecule has 19 heavy (non-hydrogen) atoms. The molecule has 0 amide bonds. The quantitative estimate of drug-likeness (QED) is 0.600. The first-order chi connectivity index (χ1) is 8.23. The molecule has 0 rings (SSSR count). The van der Waals surface area contributed by atoms with E-state index in [4.69, 9.17) is 5.11 Å². The molecule has 0 fully saturated rings. The maximum absolute atomic E-state index is 12.7. The molecular weight excluding hydrogens is 293 g/mol. The zero-order valence-electron chi connectivity index (χ0n) is 8.73. The lowest BCUT2D eigenvalue weighted by Crippen LogP contribution is -2.56. The monoisotopic (exact) mass is 298 g/mol. The maximum Gasteiger partial charge on any atom is 0.460 e. The van der Waals surface area contributed by atoms with Crippen LogP contribution in [0.3, 0.4) is 0 Å². The Labute approximate surface area is 99.7 Å². The van der Waals surface area contributed by atoms with Gasteiger partial charge in [-0.1, -0.05) is 0 Å². The molecule has 0 saturated carbocycles. The zero-order valence-corrected chi connectivity index (χ0v) is 8.73. The third-order valence-electron chi connectivity index (χ3n) is 1.81. The van der Waals surface area contributed by atoms with Gasteiger partial charge in [0.15, 0.2) is 5.78 Å². The highest BCUT2D eigenvalue weighted by Crippen LogP contribution is 2.47. The smallest absolute Gasteiger partial charge is 0.460 e. The van der Waals surface area contributed by atoms with Gasteiger partial charge in [0.1, 0.15) is 6.42 Å². The third-order valence-corrected chi connectivity index (χ3v) is 1.81. The van der Waals surface area contributed by atoms with E-state index in [2.05, 4.69) is 0 Å². The van der Waals surface area contributed by atoms with Gasteiger partial charge in [0, 0.05) is 0 Å². The van der Waals surface area contributed by atoms with Crippen molar-refractivity contribution >= 4 is 17.5 Å². The van der Waals surface area contributed by atoms with E-state index in [1.165, 1.54) is 0 Å². The predicted octanol–water partition coefficient (Wildman–Crippen LogP) is 1.82. The first kappa shape index (κ1) is 17.3. The topological polar surface area (TPSA) is 71.4 Å². The molecular formula is C8H5F7O4. The van der Waals surface area contributed by atoms with Crippen molar-refractivity contribution in [2.75, 3.05) is 0 Å². The summed E-state index contributed by atoms with van der Waals surface area (Å²) in [5.74, 6) is -19.4. The zero-order chi connectivity index (χ0) is 15.6. The van der Waals surface area contributed by atoms with E-state index in [-0.39, 0.29) is 0 Å². The summed E-state index contributed by atoms with van der Waals surface area (Å²) in [7, 11) is 0. The summed E-state index contributed by atoms with van der Waals surface area (Å²) in [5, 5.41) is 8.04. The lowest BCUT2D eigenvalue weighted by Gasteiger charge is -2.26. The van der Waals surface area contributed by atoms with Crippen molar-refractivity contribution in [3.8, 4) is 0 Å². The number of hydrogen-bond donors (Lipinski definition) is 1. The van der Waals surface area contributed by atoms with Crippen LogP contribution in [0, 0.1) is 0 Å². The molecule has 0 aliphatic rings. The highest BCUT2D eigenvalue weighted by atomic mass is 19.4. The van der Waals surface area contributed by atoms with Gasteiger partial charge in [-0.3, -0.25) is 14.4 Å². The number of carboxylic acids is 1. The Morgan fingerprint density at radius 2 is 1.26 bits per heavy atom. The molecule has 0 atom stereocenters. The van der Waals surface area contributed by atoms with Gasteiger partial charge in [0.2, 0.25) is 5.78 Å². The van der Waals surface area contributed by atoms with E-state index in [0.29, 0.717) is 0 Å². The Morgan fingerprint density at radius 1 is 0.842 bits per heavy atom. The van der Waals surface area contributed by atoms with Crippen molar-refractivity contribution in [2.24, 2.45) is 0 Å². The molecule has 0 aromatic rings. The molecule has 0 aliphatic carbocycles. The minimum atomic E-state index is -6.69. The average molecular weight is 298 g/mol. The van der Waals surface area contributed by atoms with Crippen molar-refractivity contribution in [3.63, 3.8) is 0 Å². The maximum atomic E-state index is 12.7. The highest BCUT2D eigenvalue weighted by Gasteiger charge is 2.75. The van der Waals surface area contributed by atoms with Gasteiger partial charge in [-0.2, -0.15) is 30.7 Å². The van der Waals surface area contributed by atoms with Crippen LogP contribution in [0.15, 0.2) is 0 Å². The second-order valence-electron chi connectivity index (χ2n) is 3.36. The van der Waals surface area contributed by atoms with Crippen LogP contribution in [0.1, 0.15) is 12.8 Å². The first-order valence-electron chi connectivity index (χ1n) is 4.32. The molecule has 110 valence electrons. The number of rotatable bonds is 6. The van der Waals surface area contributed by atoms with Gasteiger partial charge in [-0.05, 0) is 0 Å². The second-order valence-corrected chi connectivity index (χ2v) is 3.36. The summed E-state index contributed by atoms with van der Waals surface area (Å²) in [6.45, 7) is 0. The van der Waals surface area contributed by atoms with Crippen LogP contribution in [0.5, 0.6) is 0 Å². The largest absolute Gasteiger partial charge is 0.481 e. The van der Waals surface area contributed by atoms with E-state index >= 15 is 0 Å². The summed E-state index contributed by atoms with van der Waals surface area (Å²) >= 11 is 0. The number of ketones is 2. The Kier molecular flexibility index (Phi) is 4.68. The predicted molar refractivity (Wildman–Crippen MR) is 42.8 cm³/mol. The van der Waals surface area contributed by atoms with Gasteiger partial charge in [-0.15, -0.1) is 0 Å². The fraction of sp³-hybridized carbons (Fsp3) is 0.625. The summed E-state index contributed by atoms with van der Waals surface area (Å²) < 4.78 is 85.1. The lowest BCUT2D eigenvalue weighted by atomic mass is 10.0. The summed E-state index contributed by atoms with van der Waals surface area (Å²) in [6.07, 6.45) is -10.2. The molecule has 0 aromatic heterocycles. The SMILES string of the molecule is O=C(O)CC(=O)CC(=O)C(F)(F)C(F)(F)C(F)(F)F. The lowest BCUT2D eigenvalue weighted by molar-refractivity contribution is -0.343. The Balaban J connectivity index is 5.07. The molecule has 1 N–H and O–H groups in total. The molecule has 0 radical (unpaired) electrons. The van der Waals surface area contributed by atoms with Crippen molar-refractivity contribution < 1.29 is 50.2 Å². The van der Waals surface area contributed by atoms with Gasteiger partial charge in [0.05, 0.1) is 6.42 Å². The number of carbonyl (C=O) groups excluding carboxylic acids is 2. The molecule has 0 bridgehead atoms. The van der Waals surface area contributed by atoms with Crippen LogP contribution in [0.25, 0.3) is 0 Å². The van der Waals surface area contributed by atoms with E-state index in [1.54, 1.807) is 0 Å². The van der Waals surface area contributed by atoms with Crippen molar-refractivity contribution in [1.29, 1.82) is 0 Å². The Hall–Kier alpha value is -1.68. The van der Waals surface area contributed by atoms with Crippen LogP contribution in [-0.4, -0.2) is 40.7 Å². The molecule has 0 unspecified atom stereocenters. The van der Waals surface area contributed by atoms with Crippen LogP contribution in [-0.2, 0) is 14.4 Å². The van der Waals surface area contributed by atoms with Crippen molar-refractivity contribution in [3.05, 3.63) is 0 Å². The second kappa shape index (κ2) is 5.13. The standard InChI is InChI=1S/C8H5F7O4/c9-6(10,7(11,12)8(13,14)15)4(17)1-3(16)2-5(18)19/h1-2H2,(H,18,19). The van der Waals surface area contributed by atoms with Crippen molar-refractivity contribution in [2.45, 2.75) is 30.9 Å². The number of carboxylic acid groups (broad SMARTS) is 1. The van der Waals surface area contributed by atoms with Gasteiger partial charge < -0.3 is 5.11 Å². The molecule has 11 heteroatoms. The fourth-order valence-electron chi connectivity index (χ4n) is 0.874. The fourth-order valence-corrected chi connectivity index (χ4v) is 0.874. The number of aliphatic carboxylic acids is 1. The van der Waals surface area contributed by atoms with Gasteiger partial charge >= 0.3 is 24.0 Å². The minimum Gasteiger partial charge on any atom is -0.481 e. The van der Waals surface area contributed by atoms with Crippen LogP contribution >= 0.6 is 0 Å². The Morgan fingerprint density at radius 3 is 1.58 bits per heavy atom. The van der Waals surface area contributed by atoms with Crippen LogP contribution < -0.4 is 0 Å². The average Bonchev–Trinajstić information content (AvgIpc) is 2.13.